The van der Waals surface area contributed by atoms with E-state index >= 15 is 0 Å². The van der Waals surface area contributed by atoms with Crippen LogP contribution in [-0.4, -0.2) is 25.3 Å². The molecule has 0 fully saturated rings. The Hall–Kier alpha value is -3.84. The lowest BCUT2D eigenvalue weighted by Crippen LogP contribution is -2.41. The van der Waals surface area contributed by atoms with Gasteiger partial charge in [0.05, 0.1) is 12.6 Å². The van der Waals surface area contributed by atoms with Crippen LogP contribution >= 0.6 is 0 Å². The second kappa shape index (κ2) is 9.11. The van der Waals surface area contributed by atoms with E-state index in [0.717, 1.165) is 11.1 Å². The zero-order chi connectivity index (χ0) is 20.8. The van der Waals surface area contributed by atoms with Crippen LogP contribution in [-0.2, 0) is 4.79 Å². The van der Waals surface area contributed by atoms with Gasteiger partial charge in [0, 0.05) is 11.8 Å². The summed E-state index contributed by atoms with van der Waals surface area (Å²) in [5.41, 5.74) is 2.56. The molecule has 4 rings (SSSR count). The fraction of sp³-hybridized carbons (Fsp3) is 0.130. The van der Waals surface area contributed by atoms with Crippen LogP contribution in [0.25, 0.3) is 0 Å². The highest BCUT2D eigenvalue weighted by Gasteiger charge is 2.17. The van der Waals surface area contributed by atoms with E-state index in [0.29, 0.717) is 17.2 Å². The Kier molecular flexibility index (Phi) is 5.91. The number of benzene rings is 3. The van der Waals surface area contributed by atoms with Crippen LogP contribution in [0.5, 0.6) is 11.5 Å². The predicted octanol–water partition coefficient (Wildman–Crippen LogP) is 3.44. The van der Waals surface area contributed by atoms with Crippen LogP contribution in [0.4, 0.5) is 10.5 Å². The summed E-state index contributed by atoms with van der Waals surface area (Å²) in [5.74, 6) is 0.730. The van der Waals surface area contributed by atoms with Gasteiger partial charge in [0.2, 0.25) is 12.7 Å². The third-order valence-corrected chi connectivity index (χ3v) is 4.62. The third kappa shape index (κ3) is 4.76. The van der Waals surface area contributed by atoms with E-state index in [-0.39, 0.29) is 19.4 Å². The van der Waals surface area contributed by atoms with E-state index in [2.05, 4.69) is 16.0 Å². The number of nitrogens with one attached hydrogen (secondary N) is 3. The number of hydrogen-bond donors (Lipinski definition) is 3. The molecule has 1 aliphatic rings. The molecule has 152 valence electrons. The number of anilines is 1. The highest BCUT2D eigenvalue weighted by atomic mass is 16.7. The van der Waals surface area contributed by atoms with Gasteiger partial charge >= 0.3 is 6.03 Å². The Balaban J connectivity index is 1.35. The van der Waals surface area contributed by atoms with Crippen LogP contribution < -0.4 is 25.4 Å². The highest BCUT2D eigenvalue weighted by molar-refractivity contribution is 6.01. The molecular weight excluding hydrogens is 382 g/mol. The molecule has 0 radical (unpaired) electrons. The lowest BCUT2D eigenvalue weighted by molar-refractivity contribution is -0.119. The van der Waals surface area contributed by atoms with Crippen molar-refractivity contribution < 1.29 is 19.1 Å². The normalized spacial score (nSPS) is 11.9. The summed E-state index contributed by atoms with van der Waals surface area (Å²) in [6, 6.07) is 23.9. The summed E-state index contributed by atoms with van der Waals surface area (Å²) in [6.45, 7) is 0.127. The first-order chi connectivity index (χ1) is 14.7. The minimum atomic E-state index is -0.614. The zero-order valence-electron chi connectivity index (χ0n) is 16.1. The van der Waals surface area contributed by atoms with Gasteiger partial charge in [0.25, 0.3) is 0 Å². The minimum absolute atomic E-state index is 0.0248. The van der Waals surface area contributed by atoms with Gasteiger partial charge < -0.3 is 14.8 Å². The van der Waals surface area contributed by atoms with Crippen molar-refractivity contribution in [2.24, 2.45) is 0 Å². The lowest BCUT2D eigenvalue weighted by atomic mass is 9.99. The Morgan fingerprint density at radius 3 is 2.13 bits per heavy atom. The molecule has 0 bridgehead atoms. The molecule has 1 heterocycles. The van der Waals surface area contributed by atoms with Crippen molar-refractivity contribution in [1.82, 2.24) is 10.6 Å². The Morgan fingerprint density at radius 1 is 0.833 bits per heavy atom. The average molecular weight is 403 g/mol. The number of urea groups is 1. The molecule has 1 aliphatic heterocycles. The van der Waals surface area contributed by atoms with Crippen molar-refractivity contribution in [3.8, 4) is 11.5 Å². The monoisotopic (exact) mass is 403 g/mol. The number of carbonyl (C=O) groups is 2. The molecule has 3 aromatic rings. The van der Waals surface area contributed by atoms with Gasteiger partial charge in [-0.15, -0.1) is 0 Å². The molecule has 0 unspecified atom stereocenters. The molecule has 7 heteroatoms. The fourth-order valence-electron chi connectivity index (χ4n) is 3.22. The number of carbonyl (C=O) groups excluding carboxylic acids is 2. The summed E-state index contributed by atoms with van der Waals surface area (Å²) in [5, 5.41) is 8.18. The number of ether oxygens (including phenoxy) is 2. The summed E-state index contributed by atoms with van der Waals surface area (Å²) in [4.78, 5) is 24.5. The van der Waals surface area contributed by atoms with Gasteiger partial charge in [-0.1, -0.05) is 60.7 Å². The van der Waals surface area contributed by atoms with Crippen molar-refractivity contribution in [2.45, 2.75) is 6.04 Å². The van der Waals surface area contributed by atoms with Crippen molar-refractivity contribution in [2.75, 3.05) is 18.7 Å². The highest BCUT2D eigenvalue weighted by Crippen LogP contribution is 2.34. The van der Waals surface area contributed by atoms with Gasteiger partial charge in [-0.25, -0.2) is 4.79 Å². The van der Waals surface area contributed by atoms with Crippen LogP contribution in [0.15, 0.2) is 78.9 Å². The average Bonchev–Trinajstić information content (AvgIpc) is 3.23. The van der Waals surface area contributed by atoms with E-state index < -0.39 is 11.9 Å². The molecule has 3 amide bonds. The molecule has 0 atom stereocenters. The van der Waals surface area contributed by atoms with Crippen LogP contribution in [0.1, 0.15) is 17.2 Å². The van der Waals surface area contributed by atoms with Crippen LogP contribution in [0.3, 0.4) is 0 Å². The third-order valence-electron chi connectivity index (χ3n) is 4.62. The van der Waals surface area contributed by atoms with E-state index in [1.165, 1.54) is 0 Å². The van der Waals surface area contributed by atoms with Crippen molar-refractivity contribution in [3.05, 3.63) is 90.0 Å². The Morgan fingerprint density at radius 2 is 1.47 bits per heavy atom. The maximum absolute atomic E-state index is 12.3. The van der Waals surface area contributed by atoms with E-state index in [4.69, 9.17) is 9.47 Å². The number of amides is 3. The molecular formula is C23H21N3O4. The SMILES string of the molecule is O=C(CNC(c1ccccc1)c1ccccc1)NC(=O)Nc1ccc2c(c1)OCO2. The maximum Gasteiger partial charge on any atom is 0.325 e. The molecule has 30 heavy (non-hydrogen) atoms. The quantitative estimate of drug-likeness (QED) is 0.587. The van der Waals surface area contributed by atoms with E-state index in [1.807, 2.05) is 60.7 Å². The number of hydrogen-bond acceptors (Lipinski definition) is 5. The molecule has 3 N–H and O–H groups in total. The van der Waals surface area contributed by atoms with Crippen molar-refractivity contribution in [3.63, 3.8) is 0 Å². The molecule has 0 saturated heterocycles. The lowest BCUT2D eigenvalue weighted by Gasteiger charge is -2.19. The van der Waals surface area contributed by atoms with Gasteiger partial charge in [-0.05, 0) is 23.3 Å². The fourth-order valence-corrected chi connectivity index (χ4v) is 3.22. The smallest absolute Gasteiger partial charge is 0.325 e. The standard InChI is InChI=1S/C23H21N3O4/c27-21(26-23(28)25-18-11-12-19-20(13-18)30-15-29-19)14-24-22(16-7-3-1-4-8-16)17-9-5-2-6-10-17/h1-13,22,24H,14-15H2,(H2,25,26,27,28). The molecule has 0 aliphatic carbocycles. The van der Waals surface area contributed by atoms with Gasteiger partial charge in [-0.2, -0.15) is 0 Å². The number of rotatable bonds is 6. The number of imide groups is 1. The molecule has 7 nitrogen and oxygen atoms in total. The summed E-state index contributed by atoms with van der Waals surface area (Å²) >= 11 is 0. The maximum atomic E-state index is 12.3. The van der Waals surface area contributed by atoms with E-state index in [1.54, 1.807) is 18.2 Å². The predicted molar refractivity (Wildman–Crippen MR) is 112 cm³/mol. The zero-order valence-corrected chi connectivity index (χ0v) is 16.1. The summed E-state index contributed by atoms with van der Waals surface area (Å²) in [6.07, 6.45) is 0. The Labute approximate surface area is 174 Å². The van der Waals surface area contributed by atoms with Crippen LogP contribution in [0.2, 0.25) is 0 Å². The number of fused-ring (bicyclic) bond motifs is 1. The van der Waals surface area contributed by atoms with Gasteiger partial charge in [-0.3, -0.25) is 15.4 Å². The molecule has 0 spiro atoms. The summed E-state index contributed by atoms with van der Waals surface area (Å²) in [7, 11) is 0. The molecule has 0 saturated carbocycles. The first kappa shape index (κ1) is 19.5. The van der Waals surface area contributed by atoms with E-state index in [9.17, 15) is 9.59 Å². The topological polar surface area (TPSA) is 88.7 Å². The molecule has 0 aromatic heterocycles. The Bertz CT molecular complexity index is 986. The first-order valence-corrected chi connectivity index (χ1v) is 9.53. The van der Waals surface area contributed by atoms with Crippen LogP contribution in [0, 0.1) is 0 Å². The van der Waals surface area contributed by atoms with Gasteiger partial charge in [0.1, 0.15) is 0 Å². The minimum Gasteiger partial charge on any atom is -0.454 e. The second-order valence-corrected chi connectivity index (χ2v) is 6.71. The van der Waals surface area contributed by atoms with Crippen molar-refractivity contribution in [1.29, 1.82) is 0 Å². The first-order valence-electron chi connectivity index (χ1n) is 9.53. The largest absolute Gasteiger partial charge is 0.454 e. The molecule has 3 aromatic carbocycles. The summed E-state index contributed by atoms with van der Waals surface area (Å²) < 4.78 is 10.5. The van der Waals surface area contributed by atoms with Crippen molar-refractivity contribution >= 4 is 17.6 Å². The van der Waals surface area contributed by atoms with Gasteiger partial charge in [0.15, 0.2) is 11.5 Å². The second-order valence-electron chi connectivity index (χ2n) is 6.71.